The molecule has 1 aliphatic rings. The summed E-state index contributed by atoms with van der Waals surface area (Å²) in [6, 6.07) is 0.0953. The molecule has 1 fully saturated rings. The molecule has 0 radical (unpaired) electrons. The maximum absolute atomic E-state index is 12.4. The van der Waals surface area contributed by atoms with Crippen LogP contribution in [-0.2, 0) is 10.2 Å². The van der Waals surface area contributed by atoms with Crippen molar-refractivity contribution in [1.82, 2.24) is 19.2 Å². The molecule has 0 aromatic carbocycles. The summed E-state index contributed by atoms with van der Waals surface area (Å²) in [6.07, 6.45) is 4.92. The SMILES string of the molecule is CCNCC1CCCCN1S(=O)(=O)NCCCCN(C)C. The van der Waals surface area contributed by atoms with Gasteiger partial charge in [-0.05, 0) is 52.9 Å². The quantitative estimate of drug-likeness (QED) is 0.580. The van der Waals surface area contributed by atoms with Crippen LogP contribution in [0.3, 0.4) is 0 Å². The van der Waals surface area contributed by atoms with Crippen LogP contribution in [0.15, 0.2) is 0 Å². The molecule has 0 bridgehead atoms. The second-order valence-electron chi connectivity index (χ2n) is 5.98. The van der Waals surface area contributed by atoms with E-state index in [1.54, 1.807) is 4.31 Å². The molecule has 1 rings (SSSR count). The summed E-state index contributed by atoms with van der Waals surface area (Å²) >= 11 is 0. The molecule has 6 nitrogen and oxygen atoms in total. The third kappa shape index (κ3) is 7.06. The molecule has 1 heterocycles. The van der Waals surface area contributed by atoms with Gasteiger partial charge in [0.05, 0.1) is 0 Å². The van der Waals surface area contributed by atoms with E-state index in [-0.39, 0.29) is 6.04 Å². The van der Waals surface area contributed by atoms with Crippen LogP contribution in [0.2, 0.25) is 0 Å². The third-order valence-corrected chi connectivity index (χ3v) is 5.50. The van der Waals surface area contributed by atoms with E-state index in [0.717, 1.165) is 51.7 Å². The summed E-state index contributed by atoms with van der Waals surface area (Å²) in [5.74, 6) is 0. The molecule has 0 amide bonds. The van der Waals surface area contributed by atoms with Crippen molar-refractivity contribution in [2.45, 2.75) is 45.1 Å². The Morgan fingerprint density at radius 1 is 1.24 bits per heavy atom. The second-order valence-corrected chi connectivity index (χ2v) is 7.69. The lowest BCUT2D eigenvalue weighted by atomic mass is 10.1. The summed E-state index contributed by atoms with van der Waals surface area (Å²) in [7, 11) is 0.728. The van der Waals surface area contributed by atoms with Crippen molar-refractivity contribution in [3.05, 3.63) is 0 Å². The van der Waals surface area contributed by atoms with Crippen LogP contribution >= 0.6 is 0 Å². The summed E-state index contributed by atoms with van der Waals surface area (Å²) in [5.41, 5.74) is 0. The fraction of sp³-hybridized carbons (Fsp3) is 1.00. The number of piperidine rings is 1. The van der Waals surface area contributed by atoms with Gasteiger partial charge in [0.1, 0.15) is 0 Å². The Morgan fingerprint density at radius 3 is 2.67 bits per heavy atom. The highest BCUT2D eigenvalue weighted by molar-refractivity contribution is 7.87. The van der Waals surface area contributed by atoms with E-state index >= 15 is 0 Å². The lowest BCUT2D eigenvalue weighted by molar-refractivity contribution is 0.243. The minimum atomic E-state index is -3.33. The lowest BCUT2D eigenvalue weighted by Crippen LogP contribution is -2.52. The molecule has 21 heavy (non-hydrogen) atoms. The zero-order valence-corrected chi connectivity index (χ0v) is 14.6. The van der Waals surface area contributed by atoms with E-state index in [0.29, 0.717) is 13.1 Å². The van der Waals surface area contributed by atoms with E-state index in [4.69, 9.17) is 0 Å². The van der Waals surface area contributed by atoms with Gasteiger partial charge in [0.25, 0.3) is 10.2 Å². The molecule has 0 spiro atoms. The minimum Gasteiger partial charge on any atom is -0.315 e. The van der Waals surface area contributed by atoms with Gasteiger partial charge < -0.3 is 10.2 Å². The monoisotopic (exact) mass is 320 g/mol. The highest BCUT2D eigenvalue weighted by Gasteiger charge is 2.31. The molecule has 0 saturated carbocycles. The van der Waals surface area contributed by atoms with E-state index in [1.165, 1.54) is 0 Å². The van der Waals surface area contributed by atoms with Crippen molar-refractivity contribution in [3.8, 4) is 0 Å². The van der Waals surface area contributed by atoms with Gasteiger partial charge in [-0.1, -0.05) is 13.3 Å². The van der Waals surface area contributed by atoms with Crippen LogP contribution in [0, 0.1) is 0 Å². The largest absolute Gasteiger partial charge is 0.315 e. The number of nitrogens with one attached hydrogen (secondary N) is 2. The molecule has 0 aromatic heterocycles. The van der Waals surface area contributed by atoms with Crippen LogP contribution in [0.4, 0.5) is 0 Å². The molecule has 0 aliphatic carbocycles. The van der Waals surface area contributed by atoms with E-state index in [9.17, 15) is 8.42 Å². The number of hydrogen-bond donors (Lipinski definition) is 2. The predicted octanol–water partition coefficient (Wildman–Crippen LogP) is 0.627. The van der Waals surface area contributed by atoms with Gasteiger partial charge in [-0.15, -0.1) is 0 Å². The predicted molar refractivity (Wildman–Crippen MR) is 87.6 cm³/mol. The minimum absolute atomic E-state index is 0.0953. The third-order valence-electron chi connectivity index (χ3n) is 3.83. The first-order chi connectivity index (χ1) is 9.97. The maximum Gasteiger partial charge on any atom is 0.279 e. The average Bonchev–Trinajstić information content (AvgIpc) is 2.44. The van der Waals surface area contributed by atoms with Gasteiger partial charge in [-0.2, -0.15) is 12.7 Å². The van der Waals surface area contributed by atoms with Crippen molar-refractivity contribution in [3.63, 3.8) is 0 Å². The fourth-order valence-electron chi connectivity index (χ4n) is 2.64. The van der Waals surface area contributed by atoms with Crippen molar-refractivity contribution >= 4 is 10.2 Å². The Balaban J connectivity index is 2.42. The Hall–Kier alpha value is -0.210. The molecular formula is C14H32N4O2S. The van der Waals surface area contributed by atoms with Crippen molar-refractivity contribution in [1.29, 1.82) is 0 Å². The van der Waals surface area contributed by atoms with E-state index in [1.807, 2.05) is 21.0 Å². The van der Waals surface area contributed by atoms with Crippen molar-refractivity contribution in [2.75, 3.05) is 46.8 Å². The highest BCUT2D eigenvalue weighted by Crippen LogP contribution is 2.19. The van der Waals surface area contributed by atoms with Crippen LogP contribution in [0.5, 0.6) is 0 Å². The molecule has 0 aromatic rings. The molecule has 1 unspecified atom stereocenters. The van der Waals surface area contributed by atoms with Gasteiger partial charge in [-0.25, -0.2) is 4.72 Å². The van der Waals surface area contributed by atoms with Gasteiger partial charge >= 0.3 is 0 Å². The first kappa shape index (κ1) is 18.8. The summed E-state index contributed by atoms with van der Waals surface area (Å²) in [4.78, 5) is 2.12. The normalized spacial score (nSPS) is 21.0. The standard InChI is InChI=1S/C14H32N4O2S/c1-4-15-13-14-9-5-7-12-18(14)21(19,20)16-10-6-8-11-17(2)3/h14-16H,4-13H2,1-3H3. The summed E-state index contributed by atoms with van der Waals surface area (Å²) in [5, 5.41) is 3.27. The van der Waals surface area contributed by atoms with Crippen LogP contribution < -0.4 is 10.0 Å². The van der Waals surface area contributed by atoms with E-state index < -0.39 is 10.2 Å². The smallest absolute Gasteiger partial charge is 0.279 e. The summed E-state index contributed by atoms with van der Waals surface area (Å²) in [6.45, 7) is 5.84. The number of unbranched alkanes of at least 4 members (excludes halogenated alkanes) is 1. The molecule has 126 valence electrons. The molecule has 1 aliphatic heterocycles. The van der Waals surface area contributed by atoms with Gasteiger partial charge in [0, 0.05) is 25.7 Å². The van der Waals surface area contributed by atoms with Crippen LogP contribution in [0.1, 0.15) is 39.0 Å². The Bertz CT molecular complexity index is 373. The fourth-order valence-corrected chi connectivity index (χ4v) is 4.15. The number of rotatable bonds is 10. The van der Waals surface area contributed by atoms with Crippen molar-refractivity contribution in [2.24, 2.45) is 0 Å². The Morgan fingerprint density at radius 2 is 2.00 bits per heavy atom. The number of likely N-dealkylation sites (N-methyl/N-ethyl adjacent to an activating group) is 1. The lowest BCUT2D eigenvalue weighted by Gasteiger charge is -2.34. The first-order valence-electron chi connectivity index (χ1n) is 8.09. The maximum atomic E-state index is 12.4. The zero-order chi connectivity index (χ0) is 15.7. The summed E-state index contributed by atoms with van der Waals surface area (Å²) < 4.78 is 29.3. The number of hydrogen-bond acceptors (Lipinski definition) is 4. The van der Waals surface area contributed by atoms with Crippen molar-refractivity contribution < 1.29 is 8.42 Å². The second kappa shape index (κ2) is 9.74. The molecule has 1 saturated heterocycles. The molecule has 7 heteroatoms. The zero-order valence-electron chi connectivity index (χ0n) is 13.8. The highest BCUT2D eigenvalue weighted by atomic mass is 32.2. The number of nitrogens with zero attached hydrogens (tertiary/aromatic N) is 2. The molecule has 2 N–H and O–H groups in total. The van der Waals surface area contributed by atoms with Crippen LogP contribution in [-0.4, -0.2) is 70.5 Å². The first-order valence-corrected chi connectivity index (χ1v) is 9.53. The topological polar surface area (TPSA) is 64.7 Å². The molecular weight excluding hydrogens is 288 g/mol. The van der Waals surface area contributed by atoms with Gasteiger partial charge in [0.15, 0.2) is 0 Å². The van der Waals surface area contributed by atoms with Crippen LogP contribution in [0.25, 0.3) is 0 Å². The van der Waals surface area contributed by atoms with E-state index in [2.05, 4.69) is 14.9 Å². The van der Waals surface area contributed by atoms with Gasteiger partial charge in [0.2, 0.25) is 0 Å². The Kier molecular flexibility index (Phi) is 8.73. The van der Waals surface area contributed by atoms with Gasteiger partial charge in [-0.3, -0.25) is 0 Å². The average molecular weight is 321 g/mol. The Labute approximate surface area is 130 Å². The molecule has 1 atom stereocenters.